The predicted molar refractivity (Wildman–Crippen MR) is 73.7 cm³/mol. The number of aryl methyl sites for hydroxylation is 3. The Morgan fingerprint density at radius 3 is 2.71 bits per heavy atom. The van der Waals surface area contributed by atoms with Gasteiger partial charge in [-0.2, -0.15) is 10.2 Å². The van der Waals surface area contributed by atoms with Crippen molar-refractivity contribution < 1.29 is 9.72 Å². The Bertz CT molecular complexity index is 668. The van der Waals surface area contributed by atoms with Crippen molar-refractivity contribution in [1.82, 2.24) is 24.9 Å². The van der Waals surface area contributed by atoms with Gasteiger partial charge in [0.1, 0.15) is 6.20 Å². The van der Waals surface area contributed by atoms with Crippen LogP contribution in [-0.2, 0) is 20.1 Å². The van der Waals surface area contributed by atoms with Crippen LogP contribution in [0, 0.1) is 17.0 Å². The first-order chi connectivity index (χ1) is 9.92. The third-order valence-corrected chi connectivity index (χ3v) is 3.07. The van der Waals surface area contributed by atoms with Gasteiger partial charge >= 0.3 is 5.69 Å². The number of nitrogens with one attached hydrogen (secondary N) is 1. The highest BCUT2D eigenvalue weighted by Crippen LogP contribution is 2.16. The summed E-state index contributed by atoms with van der Waals surface area (Å²) < 4.78 is 3.05. The quantitative estimate of drug-likeness (QED) is 0.647. The van der Waals surface area contributed by atoms with Gasteiger partial charge in [0, 0.05) is 19.3 Å². The van der Waals surface area contributed by atoms with Crippen LogP contribution in [0.25, 0.3) is 0 Å². The third kappa shape index (κ3) is 3.07. The van der Waals surface area contributed by atoms with E-state index in [0.29, 0.717) is 12.2 Å². The minimum Gasteiger partial charge on any atom is -0.345 e. The molecule has 2 rings (SSSR count). The number of hydrogen-bond donors (Lipinski definition) is 1. The maximum absolute atomic E-state index is 12.0. The molecule has 9 nitrogen and oxygen atoms in total. The molecule has 0 aliphatic carbocycles. The van der Waals surface area contributed by atoms with E-state index in [1.807, 2.05) is 13.0 Å². The summed E-state index contributed by atoms with van der Waals surface area (Å²) in [7, 11) is 1.80. The minimum absolute atomic E-state index is 0.186. The van der Waals surface area contributed by atoms with Gasteiger partial charge in [0.2, 0.25) is 5.69 Å². The van der Waals surface area contributed by atoms with E-state index in [-0.39, 0.29) is 17.9 Å². The lowest BCUT2D eigenvalue weighted by atomic mass is 10.3. The second-order valence-electron chi connectivity index (χ2n) is 4.56. The zero-order valence-corrected chi connectivity index (χ0v) is 12.0. The molecule has 2 heterocycles. The average Bonchev–Trinajstić information content (AvgIpc) is 3.00. The van der Waals surface area contributed by atoms with Crippen molar-refractivity contribution in [1.29, 1.82) is 0 Å². The number of carbonyl (C=O) groups is 1. The second kappa shape index (κ2) is 5.73. The summed E-state index contributed by atoms with van der Waals surface area (Å²) in [5.74, 6) is -0.586. The number of amides is 1. The standard InChI is InChI=1S/C12H16N6O3/c1-4-17-7-10(18(20)21)11(15-17)12(19)13-6-9-5-8(2)16(3)14-9/h5,7H,4,6H2,1-3H3,(H,13,19). The molecule has 0 saturated carbocycles. The third-order valence-electron chi connectivity index (χ3n) is 3.07. The van der Waals surface area contributed by atoms with Gasteiger partial charge < -0.3 is 5.32 Å². The molecule has 0 aliphatic rings. The number of rotatable bonds is 5. The van der Waals surface area contributed by atoms with Crippen LogP contribution in [0.15, 0.2) is 12.3 Å². The smallest absolute Gasteiger partial charge is 0.320 e. The first-order valence-electron chi connectivity index (χ1n) is 6.42. The van der Waals surface area contributed by atoms with Gasteiger partial charge in [-0.05, 0) is 19.9 Å². The molecule has 0 atom stereocenters. The summed E-state index contributed by atoms with van der Waals surface area (Å²) in [6.07, 6.45) is 1.25. The minimum atomic E-state index is -0.612. The van der Waals surface area contributed by atoms with E-state index in [1.165, 1.54) is 10.9 Å². The zero-order chi connectivity index (χ0) is 15.6. The lowest BCUT2D eigenvalue weighted by molar-refractivity contribution is -0.385. The molecule has 0 radical (unpaired) electrons. The molecular formula is C12H16N6O3. The Morgan fingerprint density at radius 2 is 2.19 bits per heavy atom. The SMILES string of the molecule is CCn1cc([N+](=O)[O-])c(C(=O)NCc2cc(C)n(C)n2)n1. The maximum Gasteiger partial charge on any atom is 0.320 e. The van der Waals surface area contributed by atoms with Crippen LogP contribution >= 0.6 is 0 Å². The topological polar surface area (TPSA) is 108 Å². The number of nitro groups is 1. The van der Waals surface area contributed by atoms with Gasteiger partial charge in [0.05, 0.1) is 17.2 Å². The molecule has 0 aromatic carbocycles. The molecule has 0 spiro atoms. The number of carbonyl (C=O) groups excluding carboxylic acids is 1. The molecular weight excluding hydrogens is 276 g/mol. The summed E-state index contributed by atoms with van der Waals surface area (Å²) in [6, 6.07) is 1.83. The van der Waals surface area contributed by atoms with E-state index in [2.05, 4.69) is 15.5 Å². The van der Waals surface area contributed by atoms with Crippen LogP contribution < -0.4 is 5.32 Å². The van der Waals surface area contributed by atoms with Gasteiger partial charge in [-0.1, -0.05) is 0 Å². The van der Waals surface area contributed by atoms with Crippen molar-refractivity contribution in [3.05, 3.63) is 39.5 Å². The lowest BCUT2D eigenvalue weighted by Crippen LogP contribution is -2.24. The van der Waals surface area contributed by atoms with E-state index in [4.69, 9.17) is 0 Å². The fraction of sp³-hybridized carbons (Fsp3) is 0.417. The fourth-order valence-electron chi connectivity index (χ4n) is 1.84. The van der Waals surface area contributed by atoms with E-state index < -0.39 is 10.8 Å². The summed E-state index contributed by atoms with van der Waals surface area (Å²) in [5, 5.41) is 21.6. The maximum atomic E-state index is 12.0. The summed E-state index contributed by atoms with van der Waals surface area (Å²) in [4.78, 5) is 22.4. The first-order valence-corrected chi connectivity index (χ1v) is 6.42. The van der Waals surface area contributed by atoms with E-state index in [1.54, 1.807) is 18.7 Å². The molecule has 0 bridgehead atoms. The van der Waals surface area contributed by atoms with Crippen LogP contribution in [0.4, 0.5) is 5.69 Å². The van der Waals surface area contributed by atoms with Crippen molar-refractivity contribution in [3.63, 3.8) is 0 Å². The molecule has 2 aromatic rings. The summed E-state index contributed by atoms with van der Waals surface area (Å²) >= 11 is 0. The molecule has 21 heavy (non-hydrogen) atoms. The normalized spacial score (nSPS) is 10.6. The molecule has 0 saturated heterocycles. The lowest BCUT2D eigenvalue weighted by Gasteiger charge is -2.00. The van der Waals surface area contributed by atoms with Crippen LogP contribution in [0.5, 0.6) is 0 Å². The van der Waals surface area contributed by atoms with Gasteiger partial charge in [0.25, 0.3) is 5.91 Å². The van der Waals surface area contributed by atoms with Crippen molar-refractivity contribution in [2.75, 3.05) is 0 Å². The van der Waals surface area contributed by atoms with E-state index >= 15 is 0 Å². The Labute approximate surface area is 120 Å². The van der Waals surface area contributed by atoms with E-state index in [0.717, 1.165) is 5.69 Å². The molecule has 0 aliphatic heterocycles. The first kappa shape index (κ1) is 14.7. The molecule has 0 fully saturated rings. The second-order valence-corrected chi connectivity index (χ2v) is 4.56. The Balaban J connectivity index is 2.13. The molecule has 2 aromatic heterocycles. The number of aromatic nitrogens is 4. The van der Waals surface area contributed by atoms with Gasteiger partial charge in [-0.15, -0.1) is 0 Å². The Morgan fingerprint density at radius 1 is 1.48 bits per heavy atom. The largest absolute Gasteiger partial charge is 0.345 e. The molecule has 1 amide bonds. The highest BCUT2D eigenvalue weighted by Gasteiger charge is 2.25. The fourth-order valence-corrected chi connectivity index (χ4v) is 1.84. The van der Waals surface area contributed by atoms with Gasteiger partial charge in [0.15, 0.2) is 0 Å². The average molecular weight is 292 g/mol. The van der Waals surface area contributed by atoms with Crippen LogP contribution in [-0.4, -0.2) is 30.4 Å². The van der Waals surface area contributed by atoms with Crippen LogP contribution in [0.1, 0.15) is 28.8 Å². The van der Waals surface area contributed by atoms with Crippen molar-refractivity contribution in [2.45, 2.75) is 26.9 Å². The Hall–Kier alpha value is -2.71. The van der Waals surface area contributed by atoms with Crippen molar-refractivity contribution in [2.24, 2.45) is 7.05 Å². The number of nitrogens with zero attached hydrogens (tertiary/aromatic N) is 5. The zero-order valence-electron chi connectivity index (χ0n) is 12.0. The van der Waals surface area contributed by atoms with Crippen molar-refractivity contribution in [3.8, 4) is 0 Å². The highest BCUT2D eigenvalue weighted by molar-refractivity contribution is 5.95. The van der Waals surface area contributed by atoms with Gasteiger partial charge in [-0.25, -0.2) is 0 Å². The van der Waals surface area contributed by atoms with Crippen molar-refractivity contribution >= 4 is 11.6 Å². The Kier molecular flexibility index (Phi) is 4.01. The number of hydrogen-bond acceptors (Lipinski definition) is 5. The van der Waals surface area contributed by atoms with Crippen LogP contribution in [0.3, 0.4) is 0 Å². The monoisotopic (exact) mass is 292 g/mol. The van der Waals surface area contributed by atoms with E-state index in [9.17, 15) is 14.9 Å². The van der Waals surface area contributed by atoms with Crippen LogP contribution in [0.2, 0.25) is 0 Å². The molecule has 0 unspecified atom stereocenters. The molecule has 112 valence electrons. The molecule has 9 heteroatoms. The highest BCUT2D eigenvalue weighted by atomic mass is 16.6. The summed E-state index contributed by atoms with van der Waals surface area (Å²) in [6.45, 7) is 4.32. The summed E-state index contributed by atoms with van der Waals surface area (Å²) in [5.41, 5.74) is 1.16. The molecule has 1 N–H and O–H groups in total. The predicted octanol–water partition coefficient (Wildman–Crippen LogP) is 0.783. The van der Waals surface area contributed by atoms with Gasteiger partial charge in [-0.3, -0.25) is 24.3 Å².